The van der Waals surface area contributed by atoms with Gasteiger partial charge in [0.15, 0.2) is 11.4 Å². The van der Waals surface area contributed by atoms with Gasteiger partial charge in [-0.1, -0.05) is 28.9 Å². The van der Waals surface area contributed by atoms with E-state index in [-0.39, 0.29) is 17.4 Å². The van der Waals surface area contributed by atoms with E-state index < -0.39 is 11.8 Å². The van der Waals surface area contributed by atoms with Gasteiger partial charge >= 0.3 is 0 Å². The normalized spacial score (nSPS) is 17.4. The molecule has 0 spiro atoms. The first-order valence-electron chi connectivity index (χ1n) is 5.86. The third-order valence-electron chi connectivity index (χ3n) is 3.12. The van der Waals surface area contributed by atoms with Gasteiger partial charge in [-0.2, -0.15) is 0 Å². The van der Waals surface area contributed by atoms with Gasteiger partial charge in [0.2, 0.25) is 0 Å². The maximum atomic E-state index is 12.1. The number of halogens is 1. The first-order chi connectivity index (χ1) is 9.56. The number of amides is 2. The van der Waals surface area contributed by atoms with Crippen molar-refractivity contribution in [2.45, 2.75) is 12.6 Å². The molecule has 0 saturated heterocycles. The van der Waals surface area contributed by atoms with Gasteiger partial charge in [-0.3, -0.25) is 9.59 Å². The van der Waals surface area contributed by atoms with Crippen LogP contribution in [-0.4, -0.2) is 26.8 Å². The first-order valence-corrected chi connectivity index (χ1v) is 6.23. The van der Waals surface area contributed by atoms with Crippen LogP contribution >= 0.6 is 11.6 Å². The number of benzene rings is 1. The summed E-state index contributed by atoms with van der Waals surface area (Å²) >= 11 is 5.83. The van der Waals surface area contributed by atoms with Crippen LogP contribution in [0.1, 0.15) is 32.6 Å². The zero-order valence-corrected chi connectivity index (χ0v) is 11.0. The van der Waals surface area contributed by atoms with Crippen LogP contribution in [0.3, 0.4) is 0 Å². The Bertz CT molecular complexity index is 694. The number of primary amides is 1. The number of rotatable bonds is 2. The minimum atomic E-state index is -0.772. The predicted octanol–water partition coefficient (Wildman–Crippen LogP) is 0.515. The topological polar surface area (TPSA) is 103 Å². The van der Waals surface area contributed by atoms with Gasteiger partial charge in [0.1, 0.15) is 0 Å². The monoisotopic (exact) mass is 291 g/mol. The molecule has 0 aliphatic carbocycles. The van der Waals surface area contributed by atoms with E-state index in [0.29, 0.717) is 11.6 Å². The van der Waals surface area contributed by atoms with Crippen molar-refractivity contribution in [1.82, 2.24) is 20.3 Å². The molecule has 3 N–H and O–H groups in total. The second-order valence-electron chi connectivity index (χ2n) is 4.41. The largest absolute Gasteiger partial charge is 0.364 e. The number of hydrogen-bond donors (Lipinski definition) is 2. The van der Waals surface area contributed by atoms with Crippen LogP contribution in [0, 0.1) is 0 Å². The first kappa shape index (κ1) is 12.6. The number of carbonyl (C=O) groups is 2. The Hall–Kier alpha value is -2.41. The molecule has 8 heteroatoms. The molecule has 2 amide bonds. The Morgan fingerprint density at radius 3 is 2.75 bits per heavy atom. The van der Waals surface area contributed by atoms with E-state index in [1.165, 1.54) is 4.68 Å². The molecular formula is C12H10ClN5O2. The molecule has 20 heavy (non-hydrogen) atoms. The zero-order valence-electron chi connectivity index (χ0n) is 10.2. The average Bonchev–Trinajstić information content (AvgIpc) is 2.84. The maximum absolute atomic E-state index is 12.1. The number of nitrogens with two attached hydrogens (primary N) is 1. The van der Waals surface area contributed by atoms with E-state index in [1.54, 1.807) is 12.1 Å². The molecule has 102 valence electrons. The smallest absolute Gasteiger partial charge is 0.272 e. The van der Waals surface area contributed by atoms with Gasteiger partial charge in [0.25, 0.3) is 11.8 Å². The van der Waals surface area contributed by atoms with Crippen molar-refractivity contribution in [2.24, 2.45) is 5.73 Å². The van der Waals surface area contributed by atoms with Crippen LogP contribution in [0.2, 0.25) is 5.02 Å². The van der Waals surface area contributed by atoms with Gasteiger partial charge < -0.3 is 11.1 Å². The lowest BCUT2D eigenvalue weighted by Crippen LogP contribution is -2.39. The summed E-state index contributed by atoms with van der Waals surface area (Å²) in [6, 6.07) is 6.88. The van der Waals surface area contributed by atoms with Crippen molar-refractivity contribution in [1.29, 1.82) is 0 Å². The lowest BCUT2D eigenvalue weighted by molar-refractivity contribution is 0.0883. The Morgan fingerprint density at radius 1 is 1.40 bits per heavy atom. The fourth-order valence-electron chi connectivity index (χ4n) is 2.16. The van der Waals surface area contributed by atoms with Crippen molar-refractivity contribution in [3.05, 3.63) is 46.2 Å². The van der Waals surface area contributed by atoms with E-state index in [9.17, 15) is 9.59 Å². The van der Waals surface area contributed by atoms with E-state index in [2.05, 4.69) is 15.6 Å². The second kappa shape index (κ2) is 4.61. The Labute approximate surface area is 118 Å². The summed E-state index contributed by atoms with van der Waals surface area (Å²) in [4.78, 5) is 23.3. The van der Waals surface area contributed by atoms with E-state index in [0.717, 1.165) is 5.56 Å². The van der Waals surface area contributed by atoms with Crippen molar-refractivity contribution < 1.29 is 9.59 Å². The van der Waals surface area contributed by atoms with Crippen LogP contribution < -0.4 is 11.1 Å². The molecule has 2 aromatic rings. The number of aromatic nitrogens is 3. The number of nitrogens with zero attached hydrogens (tertiary/aromatic N) is 3. The van der Waals surface area contributed by atoms with E-state index >= 15 is 0 Å². The van der Waals surface area contributed by atoms with Gasteiger partial charge in [-0.25, -0.2) is 4.68 Å². The molecule has 1 aliphatic heterocycles. The molecule has 2 heterocycles. The standard InChI is InChI=1S/C12H10ClN5O2/c13-7-3-1-6(2-4-7)8-5-18-10(12(20)15-8)9(11(14)19)16-17-18/h1-4,8H,5H2,(H2,14,19)(H,15,20)/t8-/m0/s1. The van der Waals surface area contributed by atoms with Crippen molar-refractivity contribution >= 4 is 23.4 Å². The predicted molar refractivity (Wildman–Crippen MR) is 70.2 cm³/mol. The molecular weight excluding hydrogens is 282 g/mol. The van der Waals surface area contributed by atoms with Crippen molar-refractivity contribution in [3.8, 4) is 0 Å². The second-order valence-corrected chi connectivity index (χ2v) is 4.85. The number of hydrogen-bond acceptors (Lipinski definition) is 4. The Morgan fingerprint density at radius 2 is 2.10 bits per heavy atom. The third kappa shape index (κ3) is 2.01. The molecule has 1 atom stereocenters. The van der Waals surface area contributed by atoms with Gasteiger partial charge in [0.05, 0.1) is 12.6 Å². The highest BCUT2D eigenvalue weighted by molar-refractivity contribution is 6.30. The molecule has 1 aromatic carbocycles. The van der Waals surface area contributed by atoms with Crippen LogP contribution in [0.15, 0.2) is 24.3 Å². The fourth-order valence-corrected chi connectivity index (χ4v) is 2.29. The highest BCUT2D eigenvalue weighted by Crippen LogP contribution is 2.23. The van der Waals surface area contributed by atoms with Crippen molar-refractivity contribution in [3.63, 3.8) is 0 Å². The average molecular weight is 292 g/mol. The molecule has 0 bridgehead atoms. The summed E-state index contributed by atoms with van der Waals surface area (Å²) in [5, 5.41) is 10.9. The van der Waals surface area contributed by atoms with E-state index in [4.69, 9.17) is 17.3 Å². The molecule has 0 radical (unpaired) electrons. The summed E-state index contributed by atoms with van der Waals surface area (Å²) in [6.45, 7) is 0.378. The van der Waals surface area contributed by atoms with Crippen LogP contribution in [0.25, 0.3) is 0 Å². The van der Waals surface area contributed by atoms with Crippen molar-refractivity contribution in [2.75, 3.05) is 0 Å². The van der Waals surface area contributed by atoms with Gasteiger partial charge in [-0.15, -0.1) is 5.10 Å². The Kier molecular flexibility index (Phi) is 2.90. The fraction of sp³-hybridized carbons (Fsp3) is 0.167. The Balaban J connectivity index is 1.95. The number of fused-ring (bicyclic) bond motifs is 1. The molecule has 0 fully saturated rings. The van der Waals surface area contributed by atoms with E-state index in [1.807, 2.05) is 12.1 Å². The summed E-state index contributed by atoms with van der Waals surface area (Å²) < 4.78 is 1.39. The van der Waals surface area contributed by atoms with Gasteiger partial charge in [-0.05, 0) is 17.7 Å². The number of carbonyl (C=O) groups excluding carboxylic acids is 2. The quantitative estimate of drug-likeness (QED) is 0.841. The summed E-state index contributed by atoms with van der Waals surface area (Å²) in [6.07, 6.45) is 0. The van der Waals surface area contributed by atoms with Crippen LogP contribution in [0.5, 0.6) is 0 Å². The molecule has 7 nitrogen and oxygen atoms in total. The maximum Gasteiger partial charge on any atom is 0.272 e. The zero-order chi connectivity index (χ0) is 14.3. The molecule has 1 aliphatic rings. The molecule has 1 aromatic heterocycles. The molecule has 0 saturated carbocycles. The summed E-state index contributed by atoms with van der Waals surface area (Å²) in [5.74, 6) is -1.19. The lowest BCUT2D eigenvalue weighted by atomic mass is 10.0. The van der Waals surface area contributed by atoms with Gasteiger partial charge in [0, 0.05) is 5.02 Å². The summed E-state index contributed by atoms with van der Waals surface area (Å²) in [5.41, 5.74) is 6.04. The minimum absolute atomic E-state index is 0.0997. The molecule has 0 unspecified atom stereocenters. The number of nitrogens with one attached hydrogen (secondary N) is 1. The summed E-state index contributed by atoms with van der Waals surface area (Å²) in [7, 11) is 0. The lowest BCUT2D eigenvalue weighted by Gasteiger charge is -2.24. The minimum Gasteiger partial charge on any atom is -0.364 e. The van der Waals surface area contributed by atoms with Crippen LogP contribution in [-0.2, 0) is 6.54 Å². The third-order valence-corrected chi connectivity index (χ3v) is 3.37. The molecule has 3 rings (SSSR count). The highest BCUT2D eigenvalue weighted by Gasteiger charge is 2.31. The SMILES string of the molecule is NC(=O)c1nnn2c1C(=O)N[C@H](c1ccc(Cl)cc1)C2. The highest BCUT2D eigenvalue weighted by atomic mass is 35.5. The van der Waals surface area contributed by atoms with Crippen LogP contribution in [0.4, 0.5) is 0 Å².